The van der Waals surface area contributed by atoms with Gasteiger partial charge in [-0.1, -0.05) is 60.6 Å². The van der Waals surface area contributed by atoms with Gasteiger partial charge in [-0.3, -0.25) is 14.4 Å². The van der Waals surface area contributed by atoms with Crippen LogP contribution >= 0.6 is 0 Å². The second-order valence-electron chi connectivity index (χ2n) is 13.6. The average Bonchev–Trinajstić information content (AvgIpc) is 2.81. The molecule has 0 radical (unpaired) electrons. The average molecular weight is 551 g/mol. The number of rotatable bonds is 12. The summed E-state index contributed by atoms with van der Waals surface area (Å²) in [7, 11) is -0.793. The van der Waals surface area contributed by atoms with Crippen LogP contribution in [-0.4, -0.2) is 45.4 Å². The molecule has 1 saturated carbocycles. The van der Waals surface area contributed by atoms with E-state index in [4.69, 9.17) is 13.9 Å². The molecule has 0 heterocycles. The molecule has 0 spiro atoms. The van der Waals surface area contributed by atoms with Gasteiger partial charge in [-0.05, 0) is 67.5 Å². The van der Waals surface area contributed by atoms with E-state index in [-0.39, 0.29) is 59.5 Å². The number of fused-ring (bicyclic) bond motifs is 1. The smallest absolute Gasteiger partial charge is 0.308 e. The molecule has 0 amide bonds. The molecular formula is C31H54O6Si. The van der Waals surface area contributed by atoms with Gasteiger partial charge < -0.3 is 13.9 Å². The molecule has 0 aliphatic heterocycles. The summed E-state index contributed by atoms with van der Waals surface area (Å²) in [5.74, 6) is 1.27. The maximum absolute atomic E-state index is 13.3. The molecule has 2 rings (SSSR count). The molecule has 6 nitrogen and oxygen atoms in total. The molecular weight excluding hydrogens is 496 g/mol. The van der Waals surface area contributed by atoms with E-state index in [1.54, 1.807) is 0 Å². The van der Waals surface area contributed by atoms with E-state index in [0.29, 0.717) is 24.2 Å². The van der Waals surface area contributed by atoms with Gasteiger partial charge in [0.05, 0.1) is 25.6 Å². The predicted molar refractivity (Wildman–Crippen MR) is 154 cm³/mol. The lowest BCUT2D eigenvalue weighted by atomic mass is 9.60. The number of carbonyl (C=O) groups excluding carboxylic acids is 3. The molecule has 218 valence electrons. The van der Waals surface area contributed by atoms with Crippen LogP contribution in [0.15, 0.2) is 12.2 Å². The summed E-state index contributed by atoms with van der Waals surface area (Å²) in [6.07, 6.45) is 8.30. The van der Waals surface area contributed by atoms with Crippen LogP contribution in [0.25, 0.3) is 0 Å². The number of esters is 2. The molecule has 0 aromatic rings. The van der Waals surface area contributed by atoms with Crippen molar-refractivity contribution in [1.29, 1.82) is 0 Å². The summed E-state index contributed by atoms with van der Waals surface area (Å²) in [4.78, 5) is 38.2. The maximum Gasteiger partial charge on any atom is 0.308 e. The molecule has 0 N–H and O–H groups in total. The predicted octanol–water partition coefficient (Wildman–Crippen LogP) is 7.12. The number of hydrogen-bond donors (Lipinski definition) is 0. The van der Waals surface area contributed by atoms with Crippen molar-refractivity contribution in [3.63, 3.8) is 0 Å². The lowest BCUT2D eigenvalue weighted by Gasteiger charge is -2.47. The van der Waals surface area contributed by atoms with E-state index in [0.717, 1.165) is 25.7 Å². The first-order chi connectivity index (χ1) is 17.6. The van der Waals surface area contributed by atoms with E-state index in [2.05, 4.69) is 59.9 Å². The largest absolute Gasteiger partial charge is 0.469 e. The zero-order valence-electron chi connectivity index (χ0n) is 25.7. The Labute approximate surface area is 232 Å². The fourth-order valence-corrected chi connectivity index (χ4v) is 7.23. The second kappa shape index (κ2) is 13.7. The minimum Gasteiger partial charge on any atom is -0.469 e. The lowest BCUT2D eigenvalue weighted by molar-refractivity contribution is -0.164. The first kappa shape index (κ1) is 32.7. The van der Waals surface area contributed by atoms with Gasteiger partial charge >= 0.3 is 11.9 Å². The number of ether oxygens (including phenoxy) is 2. The van der Waals surface area contributed by atoms with Gasteiger partial charge in [0.2, 0.25) is 0 Å². The van der Waals surface area contributed by atoms with Crippen LogP contribution in [0.1, 0.15) is 93.4 Å². The summed E-state index contributed by atoms with van der Waals surface area (Å²) in [5, 5.41) is -0.0247. The molecule has 38 heavy (non-hydrogen) atoms. The van der Waals surface area contributed by atoms with Crippen LogP contribution in [0.4, 0.5) is 0 Å². The molecule has 8 atom stereocenters. The monoisotopic (exact) mass is 550 g/mol. The third kappa shape index (κ3) is 8.77. The number of methoxy groups -OCH3 is 1. The Bertz CT molecular complexity index is 844. The summed E-state index contributed by atoms with van der Waals surface area (Å²) >= 11 is 0. The summed E-state index contributed by atoms with van der Waals surface area (Å²) in [5.41, 5.74) is 0. The van der Waals surface area contributed by atoms with Crippen LogP contribution in [0.2, 0.25) is 18.1 Å². The minimum atomic E-state index is -2.17. The number of Topliss-reactive ketones (excluding diaryl/α,β-unsaturated/α-hetero) is 1. The van der Waals surface area contributed by atoms with Crippen molar-refractivity contribution in [2.45, 2.75) is 124 Å². The molecule has 2 aliphatic rings. The molecule has 1 fully saturated rings. The third-order valence-corrected chi connectivity index (χ3v) is 14.0. The first-order valence-electron chi connectivity index (χ1n) is 14.7. The highest BCUT2D eigenvalue weighted by Crippen LogP contribution is 2.48. The highest BCUT2D eigenvalue weighted by atomic mass is 28.4. The molecule has 0 aromatic carbocycles. The van der Waals surface area contributed by atoms with E-state index in [9.17, 15) is 14.4 Å². The Kier molecular flexibility index (Phi) is 11.8. The van der Waals surface area contributed by atoms with Gasteiger partial charge in [0.15, 0.2) is 8.32 Å². The van der Waals surface area contributed by atoms with Gasteiger partial charge in [0.25, 0.3) is 0 Å². The zero-order valence-corrected chi connectivity index (χ0v) is 26.7. The van der Waals surface area contributed by atoms with Gasteiger partial charge in [0, 0.05) is 18.8 Å². The van der Waals surface area contributed by atoms with Crippen molar-refractivity contribution in [1.82, 2.24) is 0 Å². The summed E-state index contributed by atoms with van der Waals surface area (Å²) < 4.78 is 17.6. The number of allylic oxidation sites excluding steroid dienone is 2. The Balaban J connectivity index is 2.14. The van der Waals surface area contributed by atoms with Gasteiger partial charge in [-0.25, -0.2) is 0 Å². The van der Waals surface area contributed by atoms with Crippen LogP contribution in [0.5, 0.6) is 0 Å². The Hall–Kier alpha value is -1.47. The molecule has 7 heteroatoms. The van der Waals surface area contributed by atoms with Crippen LogP contribution < -0.4 is 0 Å². The molecule has 0 saturated heterocycles. The van der Waals surface area contributed by atoms with Gasteiger partial charge in [-0.2, -0.15) is 0 Å². The normalized spacial score (nSPS) is 29.2. The van der Waals surface area contributed by atoms with Crippen LogP contribution in [-0.2, 0) is 28.3 Å². The van der Waals surface area contributed by atoms with Crippen molar-refractivity contribution in [2.75, 3.05) is 7.11 Å². The van der Waals surface area contributed by atoms with Crippen molar-refractivity contribution in [3.05, 3.63) is 12.2 Å². The fraction of sp³-hybridized carbons (Fsp3) is 0.839. The topological polar surface area (TPSA) is 78.9 Å². The van der Waals surface area contributed by atoms with Gasteiger partial charge in [-0.15, -0.1) is 0 Å². The standard InChI is InChI=1S/C31H54O6Si/c1-11-21(3)30(34)36-27-17-20(2)16-23-13-12-22(4)26(29(23)27)15-14-24(32)18-25(19-28(33)35-8)37-38(9,10)31(5,6)7/h12-13,20-23,25-27,29H,11,14-19H2,1-10H3/t20-,21+,22+,23+,25-,26+,27+,29+/m1/s1. The summed E-state index contributed by atoms with van der Waals surface area (Å²) in [6.45, 7) is 19.2. The molecule has 0 bridgehead atoms. The molecule has 2 aliphatic carbocycles. The SMILES string of the molecule is CC[C@H](C)C(=O)O[C@H]1C[C@H](C)C[C@@H]2C=C[C@H](C)[C@H](CCC(=O)C[C@H](CC(=O)OC)O[Si](C)(C)C(C)(C)C)[C@@H]12. The zero-order chi connectivity index (χ0) is 28.8. The van der Waals surface area contributed by atoms with Crippen LogP contribution in [0, 0.1) is 35.5 Å². The molecule has 0 unspecified atom stereocenters. The van der Waals surface area contributed by atoms with Crippen molar-refractivity contribution in [2.24, 2.45) is 35.5 Å². The highest BCUT2D eigenvalue weighted by Gasteiger charge is 2.45. The Morgan fingerprint density at radius 1 is 1.05 bits per heavy atom. The lowest BCUT2D eigenvalue weighted by Crippen LogP contribution is -2.46. The van der Waals surface area contributed by atoms with E-state index in [1.807, 2.05) is 13.8 Å². The maximum atomic E-state index is 13.3. The van der Waals surface area contributed by atoms with Crippen molar-refractivity contribution >= 4 is 26.0 Å². The van der Waals surface area contributed by atoms with Gasteiger partial charge in [0.1, 0.15) is 11.9 Å². The number of carbonyl (C=O) groups is 3. The van der Waals surface area contributed by atoms with Crippen molar-refractivity contribution < 1.29 is 28.3 Å². The fourth-order valence-electron chi connectivity index (χ4n) is 5.87. The quantitative estimate of drug-likeness (QED) is 0.146. The van der Waals surface area contributed by atoms with E-state index < -0.39 is 14.4 Å². The Morgan fingerprint density at radius 3 is 2.29 bits per heavy atom. The van der Waals surface area contributed by atoms with Crippen molar-refractivity contribution in [3.8, 4) is 0 Å². The highest BCUT2D eigenvalue weighted by molar-refractivity contribution is 6.74. The molecule has 0 aromatic heterocycles. The Morgan fingerprint density at radius 2 is 1.71 bits per heavy atom. The number of ketones is 1. The van der Waals surface area contributed by atoms with E-state index in [1.165, 1.54) is 7.11 Å². The third-order valence-electron chi connectivity index (χ3n) is 9.45. The second-order valence-corrected chi connectivity index (χ2v) is 18.3. The first-order valence-corrected chi connectivity index (χ1v) is 17.7. The summed E-state index contributed by atoms with van der Waals surface area (Å²) in [6, 6.07) is 0. The van der Waals surface area contributed by atoms with Crippen LogP contribution in [0.3, 0.4) is 0 Å². The minimum absolute atomic E-state index is 0.0247. The van der Waals surface area contributed by atoms with E-state index >= 15 is 0 Å². The number of hydrogen-bond acceptors (Lipinski definition) is 6.